The average Bonchev–Trinajstić information content (AvgIpc) is 3.28. The topological polar surface area (TPSA) is 66.9 Å². The van der Waals surface area contributed by atoms with E-state index in [1.165, 1.54) is 24.9 Å². The van der Waals surface area contributed by atoms with E-state index in [4.69, 9.17) is 9.47 Å². The van der Waals surface area contributed by atoms with Crippen LogP contribution in [0.1, 0.15) is 30.4 Å². The predicted molar refractivity (Wildman–Crippen MR) is 120 cm³/mol. The quantitative estimate of drug-likeness (QED) is 0.692. The van der Waals surface area contributed by atoms with Gasteiger partial charge in [-0.15, -0.1) is 0 Å². The van der Waals surface area contributed by atoms with Crippen LogP contribution in [-0.4, -0.2) is 61.7 Å². The molecule has 1 aromatic carbocycles. The fourth-order valence-corrected chi connectivity index (χ4v) is 4.75. The predicted octanol–water partition coefficient (Wildman–Crippen LogP) is 2.88. The Morgan fingerprint density at radius 3 is 2.87 bits per heavy atom. The largest absolute Gasteiger partial charge is 0.480 e. The van der Waals surface area contributed by atoms with Crippen LogP contribution in [0.4, 0.5) is 11.5 Å². The van der Waals surface area contributed by atoms with E-state index in [9.17, 15) is 4.79 Å². The van der Waals surface area contributed by atoms with Crippen molar-refractivity contribution in [3.8, 4) is 11.6 Å². The van der Waals surface area contributed by atoms with Crippen LogP contribution in [0.3, 0.4) is 0 Å². The van der Waals surface area contributed by atoms with Crippen LogP contribution in [0, 0.1) is 0 Å². The van der Waals surface area contributed by atoms with Crippen LogP contribution in [0.2, 0.25) is 0 Å². The zero-order valence-electron chi connectivity index (χ0n) is 17.9. The van der Waals surface area contributed by atoms with E-state index in [0.717, 1.165) is 45.6 Å². The van der Waals surface area contributed by atoms with E-state index in [0.29, 0.717) is 24.1 Å². The first kappa shape index (κ1) is 20.1. The average molecular weight is 423 g/mol. The smallest absolute Gasteiger partial charge is 0.263 e. The van der Waals surface area contributed by atoms with Crippen molar-refractivity contribution in [2.24, 2.45) is 0 Å². The number of nitrogens with one attached hydrogen (secondary N) is 1. The Morgan fingerprint density at radius 2 is 1.97 bits per heavy atom. The molecule has 1 aliphatic carbocycles. The summed E-state index contributed by atoms with van der Waals surface area (Å²) in [7, 11) is 0. The molecule has 7 nitrogen and oxygen atoms in total. The van der Waals surface area contributed by atoms with Crippen molar-refractivity contribution < 1.29 is 14.3 Å². The molecule has 1 fully saturated rings. The molecular weight excluding hydrogens is 392 g/mol. The van der Waals surface area contributed by atoms with Gasteiger partial charge in [0.05, 0.1) is 6.61 Å². The molecule has 0 atom stereocenters. The summed E-state index contributed by atoms with van der Waals surface area (Å²) >= 11 is 0. The maximum absolute atomic E-state index is 11.4. The third-order valence-corrected chi connectivity index (χ3v) is 6.40. The van der Waals surface area contributed by atoms with Gasteiger partial charge in [0.15, 0.2) is 18.2 Å². The lowest BCUT2D eigenvalue weighted by atomic mass is 10.1. The number of amides is 1. The first-order valence-corrected chi connectivity index (χ1v) is 11.4. The summed E-state index contributed by atoms with van der Waals surface area (Å²) in [5.74, 6) is 1.37. The molecule has 0 radical (unpaired) electrons. The molecule has 1 saturated heterocycles. The maximum atomic E-state index is 11.4. The number of aryl methyl sites for hydroxylation is 1. The van der Waals surface area contributed by atoms with Crippen LogP contribution in [0.5, 0.6) is 11.6 Å². The summed E-state index contributed by atoms with van der Waals surface area (Å²) < 4.78 is 11.1. The standard InChI is InChI=1S/C24H30N4O3/c29-22-17-31-21-9-10-23(26-24(21)25-22)30-16-2-1-11-27-12-14-28(15-13-27)20-8-4-6-18-5-3-7-19(18)20/h4,6,8-10H,1-3,5,7,11-17H2,(H,25,26,29). The van der Waals surface area contributed by atoms with Crippen molar-refractivity contribution >= 4 is 17.4 Å². The minimum atomic E-state index is -0.186. The number of nitrogens with zero attached hydrogens (tertiary/aromatic N) is 3. The number of carbonyl (C=O) groups is 1. The van der Waals surface area contributed by atoms with Crippen molar-refractivity contribution in [3.05, 3.63) is 41.5 Å². The van der Waals surface area contributed by atoms with Crippen LogP contribution in [0.15, 0.2) is 30.3 Å². The fraction of sp³-hybridized carbons (Fsp3) is 0.500. The van der Waals surface area contributed by atoms with Gasteiger partial charge < -0.3 is 19.7 Å². The highest BCUT2D eigenvalue weighted by molar-refractivity contribution is 5.94. The molecule has 164 valence electrons. The lowest BCUT2D eigenvalue weighted by molar-refractivity contribution is -0.118. The molecule has 2 aliphatic heterocycles. The van der Waals surface area contributed by atoms with E-state index in [2.05, 4.69) is 38.3 Å². The van der Waals surface area contributed by atoms with E-state index < -0.39 is 0 Å². The molecule has 2 aromatic rings. The molecule has 0 saturated carbocycles. The summed E-state index contributed by atoms with van der Waals surface area (Å²) in [6.07, 6.45) is 5.87. The second-order valence-electron chi connectivity index (χ2n) is 8.49. The monoisotopic (exact) mass is 422 g/mol. The van der Waals surface area contributed by atoms with Crippen molar-refractivity contribution in [1.29, 1.82) is 0 Å². The third kappa shape index (κ3) is 4.61. The zero-order valence-corrected chi connectivity index (χ0v) is 17.9. The number of hydrogen-bond acceptors (Lipinski definition) is 6. The Labute approximate surface area is 183 Å². The second-order valence-corrected chi connectivity index (χ2v) is 8.49. The number of benzene rings is 1. The van der Waals surface area contributed by atoms with E-state index in [1.54, 1.807) is 23.3 Å². The molecule has 0 unspecified atom stereocenters. The molecule has 1 amide bonds. The van der Waals surface area contributed by atoms with Gasteiger partial charge in [-0.1, -0.05) is 12.1 Å². The Morgan fingerprint density at radius 1 is 1.06 bits per heavy atom. The highest BCUT2D eigenvalue weighted by Crippen LogP contribution is 2.32. The summed E-state index contributed by atoms with van der Waals surface area (Å²) in [6.45, 7) is 6.23. The van der Waals surface area contributed by atoms with Gasteiger partial charge >= 0.3 is 0 Å². The molecule has 0 bridgehead atoms. The van der Waals surface area contributed by atoms with Gasteiger partial charge in [0, 0.05) is 37.9 Å². The molecule has 0 spiro atoms. The van der Waals surface area contributed by atoms with Crippen molar-refractivity contribution in [1.82, 2.24) is 9.88 Å². The summed E-state index contributed by atoms with van der Waals surface area (Å²) in [4.78, 5) is 20.9. The second kappa shape index (κ2) is 9.14. The number of unbranched alkanes of at least 4 members (excludes halogenated alkanes) is 1. The Hall–Kier alpha value is -2.80. The highest BCUT2D eigenvalue weighted by Gasteiger charge is 2.22. The van der Waals surface area contributed by atoms with Gasteiger partial charge in [-0.05, 0) is 61.9 Å². The van der Waals surface area contributed by atoms with Gasteiger partial charge in [0.2, 0.25) is 5.88 Å². The number of ether oxygens (including phenoxy) is 2. The summed E-state index contributed by atoms with van der Waals surface area (Å²) in [6, 6.07) is 10.4. The number of piperazine rings is 1. The van der Waals surface area contributed by atoms with Gasteiger partial charge in [-0.25, -0.2) is 0 Å². The third-order valence-electron chi connectivity index (χ3n) is 6.40. The van der Waals surface area contributed by atoms with Crippen LogP contribution < -0.4 is 19.7 Å². The minimum absolute atomic E-state index is 0.0384. The number of fused-ring (bicyclic) bond motifs is 2. The number of pyridine rings is 1. The summed E-state index contributed by atoms with van der Waals surface area (Å²) in [5, 5.41) is 2.71. The first-order chi connectivity index (χ1) is 15.3. The van der Waals surface area contributed by atoms with E-state index in [-0.39, 0.29) is 12.5 Å². The van der Waals surface area contributed by atoms with Gasteiger partial charge in [0.1, 0.15) is 0 Å². The Balaban J connectivity index is 1.02. The first-order valence-electron chi connectivity index (χ1n) is 11.4. The molecule has 1 N–H and O–H groups in total. The Kier molecular flexibility index (Phi) is 5.93. The number of aromatic nitrogens is 1. The number of hydrogen-bond donors (Lipinski definition) is 1. The van der Waals surface area contributed by atoms with Crippen LogP contribution >= 0.6 is 0 Å². The van der Waals surface area contributed by atoms with E-state index >= 15 is 0 Å². The maximum Gasteiger partial charge on any atom is 0.263 e. The molecule has 3 aliphatic rings. The molecule has 7 heteroatoms. The van der Waals surface area contributed by atoms with Crippen molar-refractivity contribution in [2.45, 2.75) is 32.1 Å². The lowest BCUT2D eigenvalue weighted by Gasteiger charge is -2.37. The SMILES string of the molecule is O=C1COc2ccc(OCCCCN3CCN(c4cccc5c4CCC5)CC3)nc2N1. The van der Waals surface area contributed by atoms with Crippen LogP contribution in [-0.2, 0) is 17.6 Å². The van der Waals surface area contributed by atoms with E-state index in [1.807, 2.05) is 0 Å². The molecule has 5 rings (SSSR count). The fourth-order valence-electron chi connectivity index (χ4n) is 4.75. The Bertz CT molecular complexity index is 940. The highest BCUT2D eigenvalue weighted by atomic mass is 16.5. The zero-order chi connectivity index (χ0) is 21.0. The normalized spacial score (nSPS) is 18.2. The van der Waals surface area contributed by atoms with Crippen LogP contribution in [0.25, 0.3) is 0 Å². The minimum Gasteiger partial charge on any atom is -0.480 e. The number of carbonyl (C=O) groups excluding carboxylic acids is 1. The van der Waals surface area contributed by atoms with Gasteiger partial charge in [0.25, 0.3) is 5.91 Å². The molecule has 31 heavy (non-hydrogen) atoms. The lowest BCUT2D eigenvalue weighted by Crippen LogP contribution is -2.47. The summed E-state index contributed by atoms with van der Waals surface area (Å²) in [5.41, 5.74) is 4.63. The molecule has 1 aromatic heterocycles. The van der Waals surface area contributed by atoms with Gasteiger partial charge in [-0.3, -0.25) is 9.69 Å². The number of rotatable bonds is 7. The molecule has 3 heterocycles. The van der Waals surface area contributed by atoms with Crippen molar-refractivity contribution in [3.63, 3.8) is 0 Å². The van der Waals surface area contributed by atoms with Crippen molar-refractivity contribution in [2.75, 3.05) is 56.2 Å². The van der Waals surface area contributed by atoms with Gasteiger partial charge in [-0.2, -0.15) is 4.98 Å². The molecular formula is C24H30N4O3. The number of anilines is 2.